The van der Waals surface area contributed by atoms with Gasteiger partial charge in [0.2, 0.25) is 0 Å². The van der Waals surface area contributed by atoms with Crippen molar-refractivity contribution in [3.8, 4) is 0 Å². The number of rotatable bonds is 5. The summed E-state index contributed by atoms with van der Waals surface area (Å²) in [5.41, 5.74) is 2.31. The van der Waals surface area contributed by atoms with Gasteiger partial charge in [-0.05, 0) is 38.0 Å². The summed E-state index contributed by atoms with van der Waals surface area (Å²) in [6, 6.07) is 10.1. The first-order valence-corrected chi connectivity index (χ1v) is 11.3. The van der Waals surface area contributed by atoms with E-state index in [1.165, 1.54) is 5.56 Å². The minimum absolute atomic E-state index is 0.153. The van der Waals surface area contributed by atoms with Crippen LogP contribution in [0.3, 0.4) is 0 Å². The molecule has 0 unspecified atom stereocenters. The zero-order chi connectivity index (χ0) is 20.2. The predicted octanol–water partition coefficient (Wildman–Crippen LogP) is 1.91. The summed E-state index contributed by atoms with van der Waals surface area (Å²) in [6.07, 6.45) is 3.72. The normalized spacial score (nSPS) is 18.8. The zero-order valence-electron chi connectivity index (χ0n) is 16.8. The number of aromatic nitrogens is 2. The van der Waals surface area contributed by atoms with Crippen LogP contribution in [0.2, 0.25) is 0 Å². The van der Waals surface area contributed by atoms with Gasteiger partial charge in [-0.3, -0.25) is 4.68 Å². The molecule has 7 nitrogen and oxygen atoms in total. The van der Waals surface area contributed by atoms with E-state index in [0.29, 0.717) is 26.2 Å². The molecule has 152 valence electrons. The van der Waals surface area contributed by atoms with E-state index in [1.54, 1.807) is 20.0 Å². The van der Waals surface area contributed by atoms with Crippen LogP contribution in [0.15, 0.2) is 47.7 Å². The van der Waals surface area contributed by atoms with Crippen molar-refractivity contribution >= 4 is 15.8 Å². The van der Waals surface area contributed by atoms with Gasteiger partial charge in [0.05, 0.1) is 23.6 Å². The second-order valence-electron chi connectivity index (χ2n) is 7.64. The number of guanidine groups is 1. The third-order valence-electron chi connectivity index (χ3n) is 5.09. The second-order valence-corrected chi connectivity index (χ2v) is 10.4. The van der Waals surface area contributed by atoms with Crippen molar-refractivity contribution < 1.29 is 8.42 Å². The highest BCUT2D eigenvalue weighted by atomic mass is 32.2. The van der Waals surface area contributed by atoms with Gasteiger partial charge in [-0.25, -0.2) is 13.4 Å². The summed E-state index contributed by atoms with van der Waals surface area (Å²) < 4.78 is 25.7. The Hall–Kier alpha value is -2.35. The molecule has 1 aromatic carbocycles. The van der Waals surface area contributed by atoms with E-state index in [2.05, 4.69) is 27.4 Å². The molecule has 0 amide bonds. The lowest BCUT2D eigenvalue weighted by Crippen LogP contribution is -2.57. The number of nitrogens with one attached hydrogen (secondary N) is 1. The molecule has 0 saturated carbocycles. The molecule has 1 aliphatic heterocycles. The number of benzene rings is 1. The summed E-state index contributed by atoms with van der Waals surface area (Å²) in [7, 11) is -3.08. The van der Waals surface area contributed by atoms with Gasteiger partial charge in [0, 0.05) is 32.0 Å². The highest BCUT2D eigenvalue weighted by Gasteiger charge is 2.40. The van der Waals surface area contributed by atoms with Crippen LogP contribution in [0.4, 0.5) is 0 Å². The fourth-order valence-electron chi connectivity index (χ4n) is 3.34. The van der Waals surface area contributed by atoms with E-state index in [1.807, 2.05) is 36.0 Å². The molecule has 28 heavy (non-hydrogen) atoms. The Morgan fingerprint density at radius 2 is 2.00 bits per heavy atom. The van der Waals surface area contributed by atoms with E-state index < -0.39 is 14.6 Å². The van der Waals surface area contributed by atoms with Crippen LogP contribution in [-0.4, -0.2) is 59.2 Å². The molecule has 2 heterocycles. The quantitative estimate of drug-likeness (QED) is 0.609. The molecule has 1 aliphatic rings. The van der Waals surface area contributed by atoms with Gasteiger partial charge in [-0.2, -0.15) is 5.10 Å². The Balaban J connectivity index is 1.79. The van der Waals surface area contributed by atoms with Crippen LogP contribution in [0.5, 0.6) is 0 Å². The monoisotopic (exact) mass is 403 g/mol. The fourth-order valence-corrected chi connectivity index (χ4v) is 4.71. The summed E-state index contributed by atoms with van der Waals surface area (Å²) in [6.45, 7) is 8.47. The zero-order valence-corrected chi connectivity index (χ0v) is 17.6. The van der Waals surface area contributed by atoms with Gasteiger partial charge in [0.25, 0.3) is 0 Å². The molecule has 1 saturated heterocycles. The first-order chi connectivity index (χ1) is 13.3. The number of nitrogens with zero attached hydrogens (tertiary/aromatic N) is 4. The van der Waals surface area contributed by atoms with Crippen LogP contribution in [0, 0.1) is 0 Å². The van der Waals surface area contributed by atoms with E-state index in [0.717, 1.165) is 18.1 Å². The molecule has 0 atom stereocenters. The number of hydrogen-bond donors (Lipinski definition) is 1. The molecule has 0 spiro atoms. The van der Waals surface area contributed by atoms with Crippen LogP contribution in [-0.2, 0) is 22.9 Å². The average molecular weight is 404 g/mol. The van der Waals surface area contributed by atoms with Crippen LogP contribution in [0.25, 0.3) is 0 Å². The molecule has 2 aromatic rings. The summed E-state index contributed by atoms with van der Waals surface area (Å²) in [5.74, 6) is 0.916. The van der Waals surface area contributed by atoms with Gasteiger partial charge < -0.3 is 10.2 Å². The Kier molecular flexibility index (Phi) is 6.07. The highest BCUT2D eigenvalue weighted by Crippen LogP contribution is 2.24. The lowest BCUT2D eigenvalue weighted by molar-refractivity contribution is 0.353. The summed E-state index contributed by atoms with van der Waals surface area (Å²) in [5, 5.41) is 7.60. The summed E-state index contributed by atoms with van der Waals surface area (Å²) in [4.78, 5) is 6.87. The summed E-state index contributed by atoms with van der Waals surface area (Å²) >= 11 is 0. The largest absolute Gasteiger partial charge is 0.357 e. The van der Waals surface area contributed by atoms with Crippen molar-refractivity contribution in [3.05, 3.63) is 53.9 Å². The van der Waals surface area contributed by atoms with Crippen molar-refractivity contribution in [1.29, 1.82) is 0 Å². The van der Waals surface area contributed by atoms with Crippen molar-refractivity contribution in [2.24, 2.45) is 4.99 Å². The van der Waals surface area contributed by atoms with Gasteiger partial charge >= 0.3 is 0 Å². The van der Waals surface area contributed by atoms with E-state index in [-0.39, 0.29) is 5.75 Å². The molecule has 8 heteroatoms. The smallest absolute Gasteiger partial charge is 0.194 e. The van der Waals surface area contributed by atoms with Crippen molar-refractivity contribution in [3.63, 3.8) is 0 Å². The molecule has 1 N–H and O–H groups in total. The van der Waals surface area contributed by atoms with Crippen LogP contribution in [0.1, 0.15) is 31.9 Å². The van der Waals surface area contributed by atoms with Gasteiger partial charge in [0.1, 0.15) is 0 Å². The molecule has 0 aliphatic carbocycles. The fraction of sp³-hybridized carbons (Fsp3) is 0.500. The number of hydrogen-bond acceptors (Lipinski definition) is 4. The minimum Gasteiger partial charge on any atom is -0.357 e. The second kappa shape index (κ2) is 8.34. The van der Waals surface area contributed by atoms with Crippen molar-refractivity contribution in [1.82, 2.24) is 20.0 Å². The van der Waals surface area contributed by atoms with Crippen molar-refractivity contribution in [2.75, 3.05) is 25.4 Å². The molecular formula is C20H29N5O2S. The van der Waals surface area contributed by atoms with Crippen molar-refractivity contribution in [2.45, 2.75) is 38.6 Å². The molecule has 0 radical (unpaired) electrons. The molecule has 1 fully saturated rings. The SMILES string of the molecule is CCNC(=NCc1ccccc1Cn1cccn1)N1CCS(=O)(=O)C(C)(C)C1. The Labute approximate surface area is 167 Å². The van der Waals surface area contributed by atoms with E-state index in [4.69, 9.17) is 4.99 Å². The van der Waals surface area contributed by atoms with Gasteiger partial charge in [0.15, 0.2) is 15.8 Å². The van der Waals surface area contributed by atoms with Crippen LogP contribution < -0.4 is 5.32 Å². The topological polar surface area (TPSA) is 79.6 Å². The van der Waals surface area contributed by atoms with Crippen LogP contribution >= 0.6 is 0 Å². The van der Waals surface area contributed by atoms with E-state index in [9.17, 15) is 8.42 Å². The molecule has 0 bridgehead atoms. The number of sulfone groups is 1. The Morgan fingerprint density at radius 1 is 1.25 bits per heavy atom. The lowest BCUT2D eigenvalue weighted by Gasteiger charge is -2.39. The maximum atomic E-state index is 12.3. The van der Waals surface area contributed by atoms with Gasteiger partial charge in [-0.1, -0.05) is 24.3 Å². The highest BCUT2D eigenvalue weighted by molar-refractivity contribution is 7.92. The first kappa shape index (κ1) is 20.4. The third-order valence-corrected chi connectivity index (χ3v) is 7.62. The van der Waals surface area contributed by atoms with E-state index >= 15 is 0 Å². The minimum atomic E-state index is -3.08. The first-order valence-electron chi connectivity index (χ1n) is 9.62. The van der Waals surface area contributed by atoms with Gasteiger partial charge in [-0.15, -0.1) is 0 Å². The maximum absolute atomic E-state index is 12.3. The Morgan fingerprint density at radius 3 is 2.64 bits per heavy atom. The third kappa shape index (κ3) is 4.55. The average Bonchev–Trinajstić information content (AvgIpc) is 3.15. The molecule has 3 rings (SSSR count). The molecular weight excluding hydrogens is 374 g/mol. The standard InChI is InChI=1S/C20H29N5O2S/c1-4-21-19(24-12-13-28(26,27)20(2,3)16-24)22-14-17-8-5-6-9-18(17)15-25-11-7-10-23-25/h5-11H,4,12-16H2,1-3H3,(H,21,22). The predicted molar refractivity (Wildman–Crippen MR) is 112 cm³/mol. The molecule has 1 aromatic heterocycles. The Bertz CT molecular complexity index is 920. The maximum Gasteiger partial charge on any atom is 0.194 e. The lowest BCUT2D eigenvalue weighted by atomic mass is 10.1. The number of aliphatic imine (C=N–C) groups is 1.